The zero-order chi connectivity index (χ0) is 25.2. The summed E-state index contributed by atoms with van der Waals surface area (Å²) in [6, 6.07) is 22.8. The second kappa shape index (κ2) is 10.0. The highest BCUT2D eigenvalue weighted by Crippen LogP contribution is 2.31. The Labute approximate surface area is 219 Å². The van der Waals surface area contributed by atoms with Crippen LogP contribution >= 0.6 is 23.8 Å². The van der Waals surface area contributed by atoms with Crippen molar-refractivity contribution in [2.24, 2.45) is 0 Å². The summed E-state index contributed by atoms with van der Waals surface area (Å²) in [5.74, 6) is 1.22. The molecule has 0 unspecified atom stereocenters. The molecule has 0 N–H and O–H groups in total. The van der Waals surface area contributed by atoms with E-state index in [1.807, 2.05) is 61.8 Å². The van der Waals surface area contributed by atoms with E-state index in [4.69, 9.17) is 33.3 Å². The van der Waals surface area contributed by atoms with Crippen molar-refractivity contribution in [2.75, 3.05) is 25.7 Å². The standard InChI is InChI=1S/C28H24ClN3O3S/c1-30-24(27(33)32(28(30)36)21-13-11-20(29)12-14-21)17-19-18-31(23-8-4-3-7-22(19)23)15-16-35-26-10-6-5-9-25(26)34-2/h3-14,17-18H,15-16H2,1-2H3/b24-17-. The van der Waals surface area contributed by atoms with Crippen molar-refractivity contribution in [3.63, 3.8) is 0 Å². The quantitative estimate of drug-likeness (QED) is 0.223. The molecule has 1 saturated heterocycles. The molecule has 6 nitrogen and oxygen atoms in total. The van der Waals surface area contributed by atoms with Crippen LogP contribution in [0.25, 0.3) is 17.0 Å². The van der Waals surface area contributed by atoms with Crippen molar-refractivity contribution in [3.8, 4) is 11.5 Å². The highest BCUT2D eigenvalue weighted by molar-refractivity contribution is 7.80. The van der Waals surface area contributed by atoms with E-state index in [9.17, 15) is 4.79 Å². The fourth-order valence-corrected chi connectivity index (χ4v) is 4.70. The van der Waals surface area contributed by atoms with Crippen LogP contribution in [-0.2, 0) is 11.3 Å². The molecular formula is C28H24ClN3O3S. The van der Waals surface area contributed by atoms with Crippen LogP contribution in [0.1, 0.15) is 5.56 Å². The van der Waals surface area contributed by atoms with Crippen molar-refractivity contribution in [1.29, 1.82) is 0 Å². The molecule has 0 saturated carbocycles. The number of halogens is 1. The van der Waals surface area contributed by atoms with Gasteiger partial charge < -0.3 is 18.9 Å². The van der Waals surface area contributed by atoms with E-state index in [-0.39, 0.29) is 5.91 Å². The van der Waals surface area contributed by atoms with E-state index in [1.165, 1.54) is 4.90 Å². The highest BCUT2D eigenvalue weighted by Gasteiger charge is 2.37. The fourth-order valence-electron chi connectivity index (χ4n) is 4.29. The van der Waals surface area contributed by atoms with Crippen LogP contribution < -0.4 is 14.4 Å². The summed E-state index contributed by atoms with van der Waals surface area (Å²) >= 11 is 11.6. The Kier molecular flexibility index (Phi) is 6.67. The summed E-state index contributed by atoms with van der Waals surface area (Å²) in [6.45, 7) is 1.09. The number of hydrogen-bond acceptors (Lipinski definition) is 4. The van der Waals surface area contributed by atoms with E-state index >= 15 is 0 Å². The van der Waals surface area contributed by atoms with E-state index in [2.05, 4.69) is 10.6 Å². The maximum atomic E-state index is 13.4. The number of methoxy groups -OCH3 is 1. The maximum absolute atomic E-state index is 13.4. The van der Waals surface area contributed by atoms with Gasteiger partial charge in [-0.25, -0.2) is 0 Å². The molecule has 182 valence electrons. The minimum atomic E-state index is -0.179. The number of hydrogen-bond donors (Lipinski definition) is 0. The summed E-state index contributed by atoms with van der Waals surface area (Å²) in [6.07, 6.45) is 3.93. The van der Waals surface area contributed by atoms with Crippen molar-refractivity contribution in [3.05, 3.63) is 95.3 Å². The average molecular weight is 518 g/mol. The van der Waals surface area contributed by atoms with Gasteiger partial charge in [0.15, 0.2) is 16.6 Å². The van der Waals surface area contributed by atoms with Gasteiger partial charge in [-0.1, -0.05) is 41.9 Å². The van der Waals surface area contributed by atoms with Gasteiger partial charge in [-0.15, -0.1) is 0 Å². The van der Waals surface area contributed by atoms with Crippen LogP contribution in [0, 0.1) is 0 Å². The molecule has 0 radical (unpaired) electrons. The molecule has 1 amide bonds. The number of thiocarbonyl (C=S) groups is 1. The SMILES string of the molecule is COc1ccccc1OCCn1cc(/C=C2/C(=O)N(c3ccc(Cl)cc3)C(=S)N2C)c2ccccc21. The van der Waals surface area contributed by atoms with E-state index in [0.29, 0.717) is 46.2 Å². The van der Waals surface area contributed by atoms with Crippen LogP contribution in [0.4, 0.5) is 5.69 Å². The topological polar surface area (TPSA) is 46.9 Å². The summed E-state index contributed by atoms with van der Waals surface area (Å²) in [4.78, 5) is 16.7. The average Bonchev–Trinajstić information content (AvgIpc) is 3.35. The smallest absolute Gasteiger partial charge is 0.281 e. The van der Waals surface area contributed by atoms with Gasteiger partial charge in [0.2, 0.25) is 0 Å². The predicted molar refractivity (Wildman–Crippen MR) is 148 cm³/mol. The lowest BCUT2D eigenvalue weighted by molar-refractivity contribution is -0.114. The predicted octanol–water partition coefficient (Wildman–Crippen LogP) is 5.99. The molecule has 36 heavy (non-hydrogen) atoms. The largest absolute Gasteiger partial charge is 0.493 e. The second-order valence-electron chi connectivity index (χ2n) is 8.28. The molecule has 1 aliphatic rings. The Morgan fingerprint density at radius 2 is 1.67 bits per heavy atom. The third-order valence-electron chi connectivity index (χ3n) is 6.12. The number of carbonyl (C=O) groups excluding carboxylic acids is 1. The van der Waals surface area contributed by atoms with E-state index < -0.39 is 0 Å². The molecule has 1 aliphatic heterocycles. The number of benzene rings is 3. The first kappa shape index (κ1) is 23.9. The Bertz CT molecular complexity index is 1480. The second-order valence-corrected chi connectivity index (χ2v) is 9.08. The van der Waals surface area contributed by atoms with Gasteiger partial charge in [0.1, 0.15) is 12.3 Å². The Balaban J connectivity index is 1.43. The number of amides is 1. The van der Waals surface area contributed by atoms with Crippen LogP contribution in [-0.4, -0.2) is 41.3 Å². The lowest BCUT2D eigenvalue weighted by atomic mass is 10.1. The molecule has 0 atom stereocenters. The number of anilines is 1. The van der Waals surface area contributed by atoms with Crippen molar-refractivity contribution in [2.45, 2.75) is 6.54 Å². The Hall–Kier alpha value is -3.81. The summed E-state index contributed by atoms with van der Waals surface area (Å²) in [7, 11) is 3.44. The van der Waals surface area contributed by atoms with Gasteiger partial charge in [-0.2, -0.15) is 0 Å². The molecule has 4 aromatic rings. The van der Waals surface area contributed by atoms with Gasteiger partial charge in [-0.05, 0) is 60.8 Å². The summed E-state index contributed by atoms with van der Waals surface area (Å²) in [5, 5.41) is 2.06. The molecule has 8 heteroatoms. The third kappa shape index (κ3) is 4.43. The molecule has 0 aliphatic carbocycles. The van der Waals surface area contributed by atoms with E-state index in [1.54, 1.807) is 36.3 Å². The Morgan fingerprint density at radius 1 is 0.972 bits per heavy atom. The summed E-state index contributed by atoms with van der Waals surface area (Å²) in [5.41, 5.74) is 3.17. The highest BCUT2D eigenvalue weighted by atomic mass is 35.5. The molecular weight excluding hydrogens is 494 g/mol. The molecule has 1 fully saturated rings. The van der Waals surface area contributed by atoms with Gasteiger partial charge in [0, 0.05) is 34.7 Å². The number of ether oxygens (including phenoxy) is 2. The van der Waals surface area contributed by atoms with Gasteiger partial charge in [-0.3, -0.25) is 9.69 Å². The summed E-state index contributed by atoms with van der Waals surface area (Å²) < 4.78 is 13.5. The van der Waals surface area contributed by atoms with Gasteiger partial charge >= 0.3 is 0 Å². The van der Waals surface area contributed by atoms with Crippen LogP contribution in [0.5, 0.6) is 11.5 Å². The number of para-hydroxylation sites is 3. The number of rotatable bonds is 7. The minimum Gasteiger partial charge on any atom is -0.493 e. The molecule has 0 spiro atoms. The third-order valence-corrected chi connectivity index (χ3v) is 6.83. The molecule has 0 bridgehead atoms. The minimum absolute atomic E-state index is 0.179. The molecule has 1 aromatic heterocycles. The van der Waals surface area contributed by atoms with Gasteiger partial charge in [0.05, 0.1) is 19.3 Å². The monoisotopic (exact) mass is 517 g/mol. The molecule has 5 rings (SSSR count). The first-order chi connectivity index (χ1) is 17.5. The Morgan fingerprint density at radius 3 is 2.42 bits per heavy atom. The van der Waals surface area contributed by atoms with Crippen LogP contribution in [0.15, 0.2) is 84.7 Å². The maximum Gasteiger partial charge on any atom is 0.281 e. The number of fused-ring (bicyclic) bond motifs is 1. The van der Waals surface area contributed by atoms with E-state index in [0.717, 1.165) is 16.5 Å². The first-order valence-electron chi connectivity index (χ1n) is 11.4. The zero-order valence-electron chi connectivity index (χ0n) is 19.8. The normalized spacial score (nSPS) is 14.8. The van der Waals surface area contributed by atoms with Crippen molar-refractivity contribution >= 4 is 57.5 Å². The number of likely N-dealkylation sites (N-methyl/N-ethyl adjacent to an activating group) is 1. The van der Waals surface area contributed by atoms with Crippen molar-refractivity contribution in [1.82, 2.24) is 9.47 Å². The van der Waals surface area contributed by atoms with Crippen LogP contribution in [0.2, 0.25) is 5.02 Å². The molecule has 2 heterocycles. The fraction of sp³-hybridized carbons (Fsp3) is 0.143. The number of carbonyl (C=O) groups is 1. The first-order valence-corrected chi connectivity index (χ1v) is 12.2. The lowest BCUT2D eigenvalue weighted by Gasteiger charge is -2.16. The number of aromatic nitrogens is 1. The van der Waals surface area contributed by atoms with Crippen molar-refractivity contribution < 1.29 is 14.3 Å². The number of nitrogens with zero attached hydrogens (tertiary/aromatic N) is 3. The van der Waals surface area contributed by atoms with Crippen LogP contribution in [0.3, 0.4) is 0 Å². The van der Waals surface area contributed by atoms with Gasteiger partial charge in [0.25, 0.3) is 5.91 Å². The lowest BCUT2D eigenvalue weighted by Crippen LogP contribution is -2.31. The zero-order valence-corrected chi connectivity index (χ0v) is 21.4. The molecule has 3 aromatic carbocycles.